The second-order valence-electron chi connectivity index (χ2n) is 14.5. The quantitative estimate of drug-likeness (QED) is 0.332. The Bertz CT molecular complexity index is 1110. The van der Waals surface area contributed by atoms with E-state index in [0.29, 0.717) is 24.2 Å². The molecule has 0 spiro atoms. The van der Waals surface area contributed by atoms with Crippen molar-refractivity contribution in [3.8, 4) is 0 Å². The normalized spacial score (nSPS) is 18.4. The van der Waals surface area contributed by atoms with Gasteiger partial charge in [-0.15, -0.1) is 10.2 Å². The zero-order chi connectivity index (χ0) is 34.2. The number of nitrogens with one attached hydrogen (secondary N) is 2. The first-order valence-electron chi connectivity index (χ1n) is 13.9. The summed E-state index contributed by atoms with van der Waals surface area (Å²) in [5.41, 5.74) is 4.83. The first-order chi connectivity index (χ1) is 19.2. The van der Waals surface area contributed by atoms with Gasteiger partial charge in [0.2, 0.25) is 0 Å². The van der Waals surface area contributed by atoms with Crippen LogP contribution in [0.2, 0.25) is 0 Å². The van der Waals surface area contributed by atoms with Crippen molar-refractivity contribution in [2.45, 2.75) is 83.1 Å². The van der Waals surface area contributed by atoms with Crippen LogP contribution in [0.4, 0.5) is 0 Å². The van der Waals surface area contributed by atoms with Gasteiger partial charge in [-0.25, -0.2) is 18.6 Å². The second-order valence-corrected chi connectivity index (χ2v) is 15.2. The van der Waals surface area contributed by atoms with Gasteiger partial charge in [0, 0.05) is 47.8 Å². The van der Waals surface area contributed by atoms with E-state index < -0.39 is 10.2 Å². The summed E-state index contributed by atoms with van der Waals surface area (Å²) in [5.74, 6) is 0.152. The average molecular weight is 660 g/mol. The minimum absolute atomic E-state index is 0.0453. The fraction of sp³-hybridized carbons (Fsp3) is 0.562. The summed E-state index contributed by atoms with van der Waals surface area (Å²) in [5, 5.41) is 6.57. The van der Waals surface area contributed by atoms with Gasteiger partial charge in [0.1, 0.15) is 0 Å². The molecule has 11 heteroatoms. The van der Waals surface area contributed by atoms with Gasteiger partial charge in [-0.1, -0.05) is 95.2 Å². The van der Waals surface area contributed by atoms with Crippen LogP contribution < -0.4 is 29.3 Å². The van der Waals surface area contributed by atoms with Gasteiger partial charge >= 0.3 is 20.0 Å². The van der Waals surface area contributed by atoms with Crippen LogP contribution in [0, 0.1) is 31.9 Å². The zero-order valence-electron chi connectivity index (χ0n) is 27.5. The molecule has 242 valence electrons. The van der Waals surface area contributed by atoms with E-state index in [-0.39, 0.29) is 33.2 Å². The molecule has 0 amide bonds. The Hall–Kier alpha value is -2.16. The molecule has 0 unspecified atom stereocenters. The van der Waals surface area contributed by atoms with Crippen molar-refractivity contribution < 1.29 is 58.5 Å². The van der Waals surface area contributed by atoms with Crippen LogP contribution in [0.25, 0.3) is 0 Å². The van der Waals surface area contributed by atoms with Gasteiger partial charge in [0.05, 0.1) is 0 Å². The maximum atomic E-state index is 13.1. The molecule has 43 heavy (non-hydrogen) atoms. The van der Waals surface area contributed by atoms with Crippen molar-refractivity contribution in [2.75, 3.05) is 13.1 Å². The van der Waals surface area contributed by atoms with E-state index in [9.17, 15) is 9.59 Å². The molecule has 2 aliphatic carbocycles. The molecule has 2 aliphatic rings. The van der Waals surface area contributed by atoms with Crippen molar-refractivity contribution in [2.24, 2.45) is 21.7 Å². The molecule has 0 aromatic heterocycles. The molecule has 0 radical (unpaired) electrons. The molecule has 0 fully saturated rings. The number of hydrogen-bond acceptors (Lipinski definition) is 9. The number of allylic oxidation sites excluding steroid dienone is 10. The SMILES string of the molecule is CC(C)(C)C1=C/C(=C/NCCN/C=C2/C=C(C(C)(C)C)C=C(C(C)(C)C)C2=O)C(=O)C(C(C)(C)C)=C1.[O-][Cl+3]([O-])([O-])[O-].[O]=[Cr]. The number of carbonyl (C=O) groups is 2. The van der Waals surface area contributed by atoms with E-state index >= 15 is 0 Å². The summed E-state index contributed by atoms with van der Waals surface area (Å²) in [7, 11) is -4.94. The summed E-state index contributed by atoms with van der Waals surface area (Å²) in [6.45, 7) is 26.7. The standard InChI is InChI=1S/C32H48N2O2.ClHO4.Cr.O/c1-29(2,3)23-15-21(27(35)25(17-23)31(7,8)9)19-33-13-14-34-20-22-16-24(30(4,5)6)18-26(28(22)36)32(10,11)12;2-1(3,4)5;;/h15-20,33-34H,13-14H2,1-12H3;(H,2,3,4,5);;/p-1/b21-19-,22-20-;;;. The number of carbonyl (C=O) groups excluding carboxylic acids is 2. The molecule has 9 nitrogen and oxygen atoms in total. The van der Waals surface area contributed by atoms with Crippen molar-refractivity contribution in [3.63, 3.8) is 0 Å². The Morgan fingerprint density at radius 1 is 0.581 bits per heavy atom. The number of Topliss-reactive ketones (excluding diaryl/α,β-unsaturated/α-hetero) is 2. The molecule has 0 aromatic rings. The van der Waals surface area contributed by atoms with E-state index in [0.717, 1.165) is 22.3 Å². The molecule has 2 N–H and O–H groups in total. The predicted octanol–water partition coefficient (Wildman–Crippen LogP) is 2.11. The second kappa shape index (κ2) is 15.7. The molecule has 0 aromatic carbocycles. The molecule has 0 aliphatic heterocycles. The van der Waals surface area contributed by atoms with Crippen molar-refractivity contribution in [1.82, 2.24) is 10.6 Å². The zero-order valence-corrected chi connectivity index (χ0v) is 29.6. The number of hydrogen-bond donors (Lipinski definition) is 2. The molecule has 2 rings (SSSR count). The Balaban J connectivity index is 0.00000227. The summed E-state index contributed by atoms with van der Waals surface area (Å²) in [6.07, 6.45) is 11.8. The Kier molecular flexibility index (Phi) is 14.9. The molecule has 0 heterocycles. The minimum atomic E-state index is -4.94. The van der Waals surface area contributed by atoms with Crippen molar-refractivity contribution in [1.29, 1.82) is 0 Å². The Morgan fingerprint density at radius 2 is 0.837 bits per heavy atom. The third kappa shape index (κ3) is 14.4. The van der Waals surface area contributed by atoms with E-state index in [1.54, 1.807) is 0 Å². The maximum absolute atomic E-state index is 13.1. The van der Waals surface area contributed by atoms with E-state index in [4.69, 9.17) is 22.4 Å². The van der Waals surface area contributed by atoms with Gasteiger partial charge in [0.15, 0.2) is 11.6 Å². The van der Waals surface area contributed by atoms with Crippen LogP contribution in [0.1, 0.15) is 83.1 Å². The first kappa shape index (κ1) is 40.8. The number of rotatable bonds is 5. The van der Waals surface area contributed by atoms with E-state index in [2.05, 4.69) is 106 Å². The number of halogens is 1. The Morgan fingerprint density at radius 3 is 1.05 bits per heavy atom. The van der Waals surface area contributed by atoms with Gasteiger partial charge in [0.25, 0.3) is 0 Å². The topological polar surface area (TPSA) is 168 Å². The predicted molar refractivity (Wildman–Crippen MR) is 153 cm³/mol. The van der Waals surface area contributed by atoms with Crippen LogP contribution in [0.3, 0.4) is 0 Å². The van der Waals surface area contributed by atoms with Crippen molar-refractivity contribution >= 4 is 11.6 Å². The third-order valence-electron chi connectivity index (χ3n) is 6.51. The van der Waals surface area contributed by atoms with Crippen molar-refractivity contribution in [3.05, 3.63) is 70.1 Å². The fourth-order valence-corrected chi connectivity index (χ4v) is 4.01. The summed E-state index contributed by atoms with van der Waals surface area (Å²) < 4.78 is 42.1. The van der Waals surface area contributed by atoms with Crippen LogP contribution in [-0.2, 0) is 29.6 Å². The fourth-order valence-electron chi connectivity index (χ4n) is 4.01. The first-order valence-corrected chi connectivity index (χ1v) is 15.6. The van der Waals surface area contributed by atoms with Crippen LogP contribution in [0.5, 0.6) is 0 Å². The van der Waals surface area contributed by atoms with Gasteiger partial charge in [-0.05, 0) is 45.0 Å². The molecule has 0 atom stereocenters. The van der Waals surface area contributed by atoms with Crippen LogP contribution in [0.15, 0.2) is 70.1 Å². The monoisotopic (exact) mass is 659 g/mol. The third-order valence-corrected chi connectivity index (χ3v) is 6.51. The van der Waals surface area contributed by atoms with Crippen LogP contribution in [-0.4, -0.2) is 24.7 Å². The molecular formula is C32H48ClCrN2O7-. The average Bonchev–Trinajstić information content (AvgIpc) is 2.80. The molecular weight excluding hydrogens is 612 g/mol. The molecule has 0 saturated heterocycles. The van der Waals surface area contributed by atoms with Crippen LogP contribution >= 0.6 is 0 Å². The van der Waals surface area contributed by atoms with Gasteiger partial charge < -0.3 is 10.6 Å². The summed E-state index contributed by atoms with van der Waals surface area (Å²) >= 11 is 1.38. The van der Waals surface area contributed by atoms with Gasteiger partial charge in [-0.3, -0.25) is 9.59 Å². The van der Waals surface area contributed by atoms with Gasteiger partial charge in [-0.2, -0.15) is 0 Å². The molecule has 0 bridgehead atoms. The summed E-state index contributed by atoms with van der Waals surface area (Å²) in [6, 6.07) is 0. The summed E-state index contributed by atoms with van der Waals surface area (Å²) in [4.78, 5) is 26.3. The molecule has 0 saturated carbocycles. The van der Waals surface area contributed by atoms with E-state index in [1.807, 2.05) is 24.6 Å². The number of ketones is 2. The van der Waals surface area contributed by atoms with E-state index in [1.165, 1.54) is 16.2 Å². The Labute approximate surface area is 268 Å².